The first-order valence-corrected chi connectivity index (χ1v) is 9.14. The van der Waals surface area contributed by atoms with Gasteiger partial charge in [0.05, 0.1) is 6.54 Å². The van der Waals surface area contributed by atoms with Crippen LogP contribution in [-0.2, 0) is 21.3 Å². The number of rotatable bonds is 6. The van der Waals surface area contributed by atoms with Crippen LogP contribution in [0.15, 0.2) is 20.0 Å². The Morgan fingerprint density at radius 1 is 1.48 bits per heavy atom. The Bertz CT molecular complexity index is 565. The largest absolute Gasteiger partial charge is 0.452 e. The molecular formula is C13H21BrN2O4S. The minimum Gasteiger partial charge on any atom is -0.452 e. The summed E-state index contributed by atoms with van der Waals surface area (Å²) in [6.07, 6.45) is 1.65. The van der Waals surface area contributed by atoms with Crippen LogP contribution in [0.2, 0.25) is 0 Å². The molecule has 120 valence electrons. The minimum absolute atomic E-state index is 0.206. The van der Waals surface area contributed by atoms with Gasteiger partial charge in [-0.2, -0.15) is 4.31 Å². The van der Waals surface area contributed by atoms with Crippen molar-refractivity contribution in [3.05, 3.63) is 16.5 Å². The van der Waals surface area contributed by atoms with Gasteiger partial charge in [0.2, 0.25) is 10.0 Å². The van der Waals surface area contributed by atoms with E-state index in [1.807, 2.05) is 0 Å². The van der Waals surface area contributed by atoms with E-state index in [2.05, 4.69) is 21.2 Å². The summed E-state index contributed by atoms with van der Waals surface area (Å²) in [7, 11) is -0.0459. The predicted octanol–water partition coefficient (Wildman–Crippen LogP) is 1.81. The lowest BCUT2D eigenvalue weighted by Gasteiger charge is -2.30. The number of nitrogens with zero attached hydrogens (tertiary/aromatic N) is 1. The quantitative estimate of drug-likeness (QED) is 0.814. The Morgan fingerprint density at radius 2 is 2.14 bits per heavy atom. The number of hydrogen-bond acceptors (Lipinski definition) is 5. The van der Waals surface area contributed by atoms with Gasteiger partial charge in [-0.15, -0.1) is 0 Å². The normalized spacial score (nSPS) is 18.2. The highest BCUT2D eigenvalue weighted by atomic mass is 79.9. The van der Waals surface area contributed by atoms with Crippen LogP contribution in [0.4, 0.5) is 0 Å². The summed E-state index contributed by atoms with van der Waals surface area (Å²) >= 11 is 3.21. The molecule has 1 aromatic rings. The lowest BCUT2D eigenvalue weighted by molar-refractivity contribution is 0.121. The fourth-order valence-corrected chi connectivity index (χ4v) is 4.96. The van der Waals surface area contributed by atoms with Gasteiger partial charge >= 0.3 is 0 Å². The van der Waals surface area contributed by atoms with E-state index in [4.69, 9.17) is 9.15 Å². The average Bonchev–Trinajstić information content (AvgIpc) is 2.82. The van der Waals surface area contributed by atoms with Crippen LogP contribution in [0, 0.1) is 5.92 Å². The van der Waals surface area contributed by atoms with E-state index in [-0.39, 0.29) is 9.56 Å². The first-order valence-electron chi connectivity index (χ1n) is 6.91. The number of sulfonamides is 1. The van der Waals surface area contributed by atoms with Crippen molar-refractivity contribution in [2.24, 2.45) is 5.92 Å². The molecule has 8 heteroatoms. The Balaban J connectivity index is 2.12. The molecular weight excluding hydrogens is 360 g/mol. The van der Waals surface area contributed by atoms with E-state index in [9.17, 15) is 8.42 Å². The van der Waals surface area contributed by atoms with Gasteiger partial charge in [0, 0.05) is 32.9 Å². The first-order chi connectivity index (χ1) is 9.98. The van der Waals surface area contributed by atoms with Gasteiger partial charge in [-0.3, -0.25) is 0 Å². The molecule has 0 bridgehead atoms. The highest BCUT2D eigenvalue weighted by Crippen LogP contribution is 2.31. The molecule has 0 aromatic carbocycles. The van der Waals surface area contributed by atoms with E-state index >= 15 is 0 Å². The molecule has 2 rings (SSSR count). The summed E-state index contributed by atoms with van der Waals surface area (Å²) in [5.41, 5.74) is 0. The Labute approximate surface area is 134 Å². The van der Waals surface area contributed by atoms with Gasteiger partial charge in [-0.05, 0) is 41.7 Å². The van der Waals surface area contributed by atoms with Crippen LogP contribution < -0.4 is 5.32 Å². The van der Waals surface area contributed by atoms with Gasteiger partial charge in [0.25, 0.3) is 0 Å². The summed E-state index contributed by atoms with van der Waals surface area (Å²) in [6, 6.07) is 1.58. The van der Waals surface area contributed by atoms with Crippen molar-refractivity contribution >= 4 is 26.0 Å². The zero-order valence-corrected chi connectivity index (χ0v) is 14.7. The van der Waals surface area contributed by atoms with Crippen molar-refractivity contribution in [3.8, 4) is 0 Å². The van der Waals surface area contributed by atoms with E-state index in [1.165, 1.54) is 4.31 Å². The zero-order chi connectivity index (χ0) is 15.5. The Morgan fingerprint density at radius 3 is 2.71 bits per heavy atom. The number of methoxy groups -OCH3 is 1. The van der Waals surface area contributed by atoms with Crippen molar-refractivity contribution in [2.75, 3.05) is 33.9 Å². The fourth-order valence-electron chi connectivity index (χ4n) is 2.53. The van der Waals surface area contributed by atoms with Crippen molar-refractivity contribution in [1.82, 2.24) is 9.62 Å². The van der Waals surface area contributed by atoms with E-state index in [0.717, 1.165) is 12.8 Å². The fraction of sp³-hybridized carbons (Fsp3) is 0.692. The summed E-state index contributed by atoms with van der Waals surface area (Å²) in [4.78, 5) is 0.206. The number of hydrogen-bond donors (Lipinski definition) is 1. The SMILES string of the molecule is CNCc1cc(S(=O)(=O)N2CCC(COC)CC2)c(Br)o1. The minimum atomic E-state index is -3.50. The van der Waals surface area contributed by atoms with Crippen LogP contribution in [-0.4, -0.2) is 46.6 Å². The van der Waals surface area contributed by atoms with Gasteiger partial charge < -0.3 is 14.5 Å². The second-order valence-electron chi connectivity index (χ2n) is 5.18. The van der Waals surface area contributed by atoms with Gasteiger partial charge in [0.1, 0.15) is 10.7 Å². The third-order valence-corrected chi connectivity index (χ3v) is 6.41. The average molecular weight is 381 g/mol. The van der Waals surface area contributed by atoms with Crippen LogP contribution in [0.25, 0.3) is 0 Å². The number of halogens is 1. The van der Waals surface area contributed by atoms with Gasteiger partial charge in [-0.1, -0.05) is 0 Å². The molecule has 21 heavy (non-hydrogen) atoms. The monoisotopic (exact) mass is 380 g/mol. The maximum absolute atomic E-state index is 12.7. The molecule has 1 saturated heterocycles. The van der Waals surface area contributed by atoms with Crippen LogP contribution in [0.1, 0.15) is 18.6 Å². The molecule has 0 spiro atoms. The lowest BCUT2D eigenvalue weighted by atomic mass is 9.99. The van der Waals surface area contributed by atoms with E-state index in [1.54, 1.807) is 20.2 Å². The molecule has 2 heterocycles. The van der Waals surface area contributed by atoms with Crippen LogP contribution in [0.5, 0.6) is 0 Å². The smallest absolute Gasteiger partial charge is 0.247 e. The summed E-state index contributed by atoms with van der Waals surface area (Å²) < 4.78 is 37.7. The van der Waals surface area contributed by atoms with Crippen molar-refractivity contribution in [2.45, 2.75) is 24.3 Å². The molecule has 0 atom stereocenters. The highest BCUT2D eigenvalue weighted by Gasteiger charge is 2.32. The highest BCUT2D eigenvalue weighted by molar-refractivity contribution is 9.10. The van der Waals surface area contributed by atoms with Crippen molar-refractivity contribution in [1.29, 1.82) is 0 Å². The van der Waals surface area contributed by atoms with Crippen molar-refractivity contribution in [3.63, 3.8) is 0 Å². The van der Waals surface area contributed by atoms with Crippen molar-refractivity contribution < 1.29 is 17.6 Å². The summed E-state index contributed by atoms with van der Waals surface area (Å²) in [6.45, 7) is 2.23. The summed E-state index contributed by atoms with van der Waals surface area (Å²) in [5.74, 6) is 1.03. The number of furan rings is 1. The molecule has 1 aromatic heterocycles. The van der Waals surface area contributed by atoms with Gasteiger partial charge in [-0.25, -0.2) is 8.42 Å². The Kier molecular flexibility index (Phi) is 5.84. The third-order valence-electron chi connectivity index (χ3n) is 3.65. The molecule has 0 saturated carbocycles. The number of nitrogens with one attached hydrogen (secondary N) is 1. The maximum Gasteiger partial charge on any atom is 0.247 e. The number of piperidine rings is 1. The third kappa shape index (κ3) is 3.87. The molecule has 0 radical (unpaired) electrons. The Hall–Kier alpha value is -0.410. The first kappa shape index (κ1) is 17.0. The van der Waals surface area contributed by atoms with Crippen LogP contribution in [0.3, 0.4) is 0 Å². The standard InChI is InChI=1S/C13H21BrN2O4S/c1-15-8-11-7-12(13(14)20-11)21(17,18)16-5-3-10(4-6-16)9-19-2/h7,10,15H,3-6,8-9H2,1-2H3. The molecule has 0 unspecified atom stereocenters. The van der Waals surface area contributed by atoms with Gasteiger partial charge in [0.15, 0.2) is 4.67 Å². The van der Waals surface area contributed by atoms with E-state index in [0.29, 0.717) is 37.9 Å². The second-order valence-corrected chi connectivity index (χ2v) is 7.81. The molecule has 0 amide bonds. The second kappa shape index (κ2) is 7.23. The van der Waals surface area contributed by atoms with Crippen LogP contribution >= 0.6 is 15.9 Å². The predicted molar refractivity (Wildman–Crippen MR) is 82.5 cm³/mol. The molecule has 1 aliphatic rings. The molecule has 1 N–H and O–H groups in total. The summed E-state index contributed by atoms with van der Waals surface area (Å²) in [5, 5.41) is 2.94. The lowest BCUT2D eigenvalue weighted by Crippen LogP contribution is -2.39. The molecule has 1 fully saturated rings. The maximum atomic E-state index is 12.7. The molecule has 1 aliphatic heterocycles. The zero-order valence-electron chi connectivity index (χ0n) is 12.3. The molecule has 6 nitrogen and oxygen atoms in total. The molecule has 0 aliphatic carbocycles. The topological polar surface area (TPSA) is 71.8 Å². The number of ether oxygens (including phenoxy) is 1. The van der Waals surface area contributed by atoms with E-state index < -0.39 is 10.0 Å².